The van der Waals surface area contributed by atoms with Gasteiger partial charge in [0, 0.05) is 25.7 Å². The summed E-state index contributed by atoms with van der Waals surface area (Å²) in [4.78, 5) is 13.7. The van der Waals surface area contributed by atoms with Gasteiger partial charge in [-0.3, -0.25) is 4.79 Å². The van der Waals surface area contributed by atoms with Crippen molar-refractivity contribution in [2.75, 3.05) is 29.5 Å². The molecule has 0 aliphatic heterocycles. The Balaban J connectivity index is 1.88. The van der Waals surface area contributed by atoms with Crippen LogP contribution in [0.2, 0.25) is 0 Å². The number of hydrogen-bond acceptors (Lipinski definition) is 3. The molecule has 0 unspecified atom stereocenters. The fourth-order valence-electron chi connectivity index (χ4n) is 1.94. The Labute approximate surface area is 123 Å². The number of anilines is 3. The van der Waals surface area contributed by atoms with Crippen LogP contribution in [0.4, 0.5) is 21.5 Å². The number of nitrogens with one attached hydrogen (secondary N) is 1. The number of rotatable bonds is 5. The molecule has 5 heteroatoms. The monoisotopic (exact) mass is 287 g/mol. The fourth-order valence-corrected chi connectivity index (χ4v) is 1.94. The summed E-state index contributed by atoms with van der Waals surface area (Å²) in [5.41, 5.74) is 7.64. The Morgan fingerprint density at radius 2 is 2.00 bits per heavy atom. The average Bonchev–Trinajstić information content (AvgIpc) is 2.47. The van der Waals surface area contributed by atoms with Gasteiger partial charge in [-0.2, -0.15) is 0 Å². The van der Waals surface area contributed by atoms with Crippen LogP contribution in [0.3, 0.4) is 0 Å². The van der Waals surface area contributed by atoms with Crippen molar-refractivity contribution in [3.05, 3.63) is 54.3 Å². The second-order valence-corrected chi connectivity index (χ2v) is 4.79. The molecule has 3 N–H and O–H groups in total. The molecular formula is C16H18FN3O. The molecule has 0 saturated heterocycles. The van der Waals surface area contributed by atoms with Crippen molar-refractivity contribution in [2.45, 2.75) is 6.42 Å². The zero-order valence-corrected chi connectivity index (χ0v) is 11.8. The normalized spacial score (nSPS) is 10.2. The summed E-state index contributed by atoms with van der Waals surface area (Å²) in [6, 6.07) is 13.4. The number of benzene rings is 2. The summed E-state index contributed by atoms with van der Waals surface area (Å²) in [5.74, 6) is -0.419. The number of carbonyl (C=O) groups is 1. The molecule has 1 amide bonds. The summed E-state index contributed by atoms with van der Waals surface area (Å²) in [6.45, 7) is 0.488. The predicted molar refractivity (Wildman–Crippen MR) is 83.8 cm³/mol. The molecule has 0 bridgehead atoms. The zero-order valence-electron chi connectivity index (χ0n) is 11.8. The molecule has 0 fully saturated rings. The first kappa shape index (κ1) is 14.8. The molecule has 110 valence electrons. The summed E-state index contributed by atoms with van der Waals surface area (Å²) in [7, 11) is 1.82. The molecule has 0 saturated carbocycles. The van der Waals surface area contributed by atoms with Crippen LogP contribution < -0.4 is 16.0 Å². The predicted octanol–water partition coefficient (Wildman–Crippen LogP) is 2.87. The van der Waals surface area contributed by atoms with Gasteiger partial charge in [0.05, 0.1) is 11.4 Å². The standard InChI is InChI=1S/C16H18FN3O/c1-20(13-6-4-5-12(17)11-13)10-9-16(21)19-15-8-3-2-7-14(15)18/h2-8,11H,9-10,18H2,1H3,(H,19,21). The summed E-state index contributed by atoms with van der Waals surface area (Å²) in [6.07, 6.45) is 0.293. The molecule has 0 aliphatic carbocycles. The molecule has 0 aromatic heterocycles. The Kier molecular flexibility index (Phi) is 4.77. The minimum Gasteiger partial charge on any atom is -0.397 e. The molecule has 0 heterocycles. The molecule has 0 radical (unpaired) electrons. The van der Waals surface area contributed by atoms with E-state index in [4.69, 9.17) is 5.73 Å². The Hall–Kier alpha value is -2.56. The third-order valence-corrected chi connectivity index (χ3v) is 3.16. The maximum absolute atomic E-state index is 13.1. The van der Waals surface area contributed by atoms with Crippen LogP contribution in [-0.2, 0) is 4.79 Å². The molecule has 4 nitrogen and oxygen atoms in total. The quantitative estimate of drug-likeness (QED) is 0.831. The van der Waals surface area contributed by atoms with Gasteiger partial charge in [0.2, 0.25) is 5.91 Å². The van der Waals surface area contributed by atoms with Gasteiger partial charge in [0.25, 0.3) is 0 Å². The Bertz CT molecular complexity index is 630. The van der Waals surface area contributed by atoms with E-state index in [-0.39, 0.29) is 11.7 Å². The number of hydrogen-bond donors (Lipinski definition) is 2. The SMILES string of the molecule is CN(CCC(=O)Nc1ccccc1N)c1cccc(F)c1. The van der Waals surface area contributed by atoms with E-state index in [1.54, 1.807) is 24.3 Å². The number of nitrogen functional groups attached to an aromatic ring is 1. The third kappa shape index (κ3) is 4.21. The fraction of sp³-hybridized carbons (Fsp3) is 0.188. The van der Waals surface area contributed by atoms with Crippen LogP contribution >= 0.6 is 0 Å². The lowest BCUT2D eigenvalue weighted by atomic mass is 10.2. The molecule has 0 spiro atoms. The van der Waals surface area contributed by atoms with Crippen LogP contribution in [0, 0.1) is 5.82 Å². The number of carbonyl (C=O) groups excluding carboxylic acids is 1. The van der Waals surface area contributed by atoms with Crippen molar-refractivity contribution in [3.63, 3.8) is 0 Å². The first-order valence-corrected chi connectivity index (χ1v) is 6.67. The lowest BCUT2D eigenvalue weighted by Gasteiger charge is -2.19. The topological polar surface area (TPSA) is 58.4 Å². The van der Waals surface area contributed by atoms with Crippen LogP contribution in [0.25, 0.3) is 0 Å². The molecule has 2 aromatic rings. The third-order valence-electron chi connectivity index (χ3n) is 3.16. The van der Waals surface area contributed by atoms with Gasteiger partial charge >= 0.3 is 0 Å². The van der Waals surface area contributed by atoms with Gasteiger partial charge in [-0.1, -0.05) is 18.2 Å². The smallest absolute Gasteiger partial charge is 0.226 e. The van der Waals surface area contributed by atoms with Crippen LogP contribution in [0.5, 0.6) is 0 Å². The molecule has 2 rings (SSSR count). The summed E-state index contributed by atoms with van der Waals surface area (Å²) < 4.78 is 13.1. The average molecular weight is 287 g/mol. The highest BCUT2D eigenvalue weighted by molar-refractivity contribution is 5.94. The summed E-state index contributed by atoms with van der Waals surface area (Å²) in [5, 5.41) is 2.76. The van der Waals surface area contributed by atoms with Crippen molar-refractivity contribution in [1.82, 2.24) is 0 Å². The minimum atomic E-state index is -0.291. The van der Waals surface area contributed by atoms with E-state index >= 15 is 0 Å². The first-order valence-electron chi connectivity index (χ1n) is 6.67. The molecular weight excluding hydrogens is 269 g/mol. The zero-order chi connectivity index (χ0) is 15.2. The van der Waals surface area contributed by atoms with Gasteiger partial charge in [-0.25, -0.2) is 4.39 Å². The van der Waals surface area contributed by atoms with E-state index < -0.39 is 0 Å². The lowest BCUT2D eigenvalue weighted by molar-refractivity contribution is -0.116. The van der Waals surface area contributed by atoms with Crippen LogP contribution in [0.1, 0.15) is 6.42 Å². The van der Waals surface area contributed by atoms with Gasteiger partial charge in [-0.05, 0) is 30.3 Å². The number of para-hydroxylation sites is 2. The van der Waals surface area contributed by atoms with Crippen molar-refractivity contribution < 1.29 is 9.18 Å². The maximum Gasteiger partial charge on any atom is 0.226 e. The van der Waals surface area contributed by atoms with Crippen molar-refractivity contribution in [1.29, 1.82) is 0 Å². The van der Waals surface area contributed by atoms with Crippen molar-refractivity contribution in [2.24, 2.45) is 0 Å². The second-order valence-electron chi connectivity index (χ2n) is 4.79. The molecule has 21 heavy (non-hydrogen) atoms. The Morgan fingerprint density at radius 1 is 1.24 bits per heavy atom. The van der Waals surface area contributed by atoms with E-state index in [9.17, 15) is 9.18 Å². The van der Waals surface area contributed by atoms with Gasteiger partial charge in [0.1, 0.15) is 5.82 Å². The number of nitrogens with zero attached hydrogens (tertiary/aromatic N) is 1. The van der Waals surface area contributed by atoms with E-state index in [0.29, 0.717) is 24.3 Å². The first-order chi connectivity index (χ1) is 10.1. The number of halogens is 1. The van der Waals surface area contributed by atoms with E-state index in [1.807, 2.05) is 24.1 Å². The maximum atomic E-state index is 13.1. The number of amides is 1. The van der Waals surface area contributed by atoms with Crippen molar-refractivity contribution in [3.8, 4) is 0 Å². The van der Waals surface area contributed by atoms with Crippen molar-refractivity contribution >= 4 is 23.0 Å². The lowest BCUT2D eigenvalue weighted by Crippen LogP contribution is -2.24. The Morgan fingerprint density at radius 3 is 2.71 bits per heavy atom. The van der Waals surface area contributed by atoms with Crippen LogP contribution in [-0.4, -0.2) is 19.5 Å². The van der Waals surface area contributed by atoms with E-state index in [0.717, 1.165) is 5.69 Å². The van der Waals surface area contributed by atoms with E-state index in [1.165, 1.54) is 12.1 Å². The van der Waals surface area contributed by atoms with E-state index in [2.05, 4.69) is 5.32 Å². The van der Waals surface area contributed by atoms with Gasteiger partial charge < -0.3 is 16.0 Å². The second kappa shape index (κ2) is 6.74. The molecule has 0 atom stereocenters. The van der Waals surface area contributed by atoms with Crippen LogP contribution in [0.15, 0.2) is 48.5 Å². The highest BCUT2D eigenvalue weighted by Crippen LogP contribution is 2.17. The molecule has 0 aliphatic rings. The highest BCUT2D eigenvalue weighted by atomic mass is 19.1. The highest BCUT2D eigenvalue weighted by Gasteiger charge is 2.07. The minimum absolute atomic E-state index is 0.129. The van der Waals surface area contributed by atoms with Gasteiger partial charge in [0.15, 0.2) is 0 Å². The summed E-state index contributed by atoms with van der Waals surface area (Å²) >= 11 is 0. The largest absolute Gasteiger partial charge is 0.397 e. The number of nitrogens with two attached hydrogens (primary N) is 1. The molecule has 2 aromatic carbocycles. The van der Waals surface area contributed by atoms with Gasteiger partial charge in [-0.15, -0.1) is 0 Å².